The fourth-order valence-corrected chi connectivity index (χ4v) is 2.64. The first-order chi connectivity index (χ1) is 12.1. The second-order valence-electron chi connectivity index (χ2n) is 5.73. The molecule has 1 amide bonds. The molecule has 3 rings (SSSR count). The first-order valence-electron chi connectivity index (χ1n) is 7.92. The van der Waals surface area contributed by atoms with Gasteiger partial charge in [0.1, 0.15) is 0 Å². The minimum atomic E-state index is -0.194. The molecule has 4 nitrogen and oxygen atoms in total. The number of carbonyl (C=O) groups is 1. The molecule has 0 bridgehead atoms. The maximum Gasteiger partial charge on any atom is 0.253 e. The van der Waals surface area contributed by atoms with E-state index in [2.05, 4.69) is 15.6 Å². The van der Waals surface area contributed by atoms with Crippen LogP contribution in [0, 0.1) is 6.92 Å². The van der Waals surface area contributed by atoms with Gasteiger partial charge in [-0.2, -0.15) is 0 Å². The van der Waals surface area contributed by atoms with E-state index in [0.717, 1.165) is 22.5 Å². The molecule has 0 fully saturated rings. The van der Waals surface area contributed by atoms with Crippen molar-refractivity contribution in [3.8, 4) is 0 Å². The summed E-state index contributed by atoms with van der Waals surface area (Å²) in [5.74, 6) is -0.194. The van der Waals surface area contributed by atoms with Gasteiger partial charge in [0.15, 0.2) is 0 Å². The van der Waals surface area contributed by atoms with Crippen molar-refractivity contribution in [3.63, 3.8) is 0 Å². The second kappa shape index (κ2) is 7.81. The highest BCUT2D eigenvalue weighted by Crippen LogP contribution is 2.18. The maximum absolute atomic E-state index is 12.4. The highest BCUT2D eigenvalue weighted by atomic mass is 35.5. The summed E-state index contributed by atoms with van der Waals surface area (Å²) in [5, 5.41) is 6.76. The zero-order valence-electron chi connectivity index (χ0n) is 13.8. The molecule has 5 heteroatoms. The van der Waals surface area contributed by atoms with Gasteiger partial charge in [-0.3, -0.25) is 9.78 Å². The third-order valence-corrected chi connectivity index (χ3v) is 4.07. The Kier molecular flexibility index (Phi) is 5.31. The smallest absolute Gasteiger partial charge is 0.253 e. The van der Waals surface area contributed by atoms with Gasteiger partial charge < -0.3 is 10.6 Å². The van der Waals surface area contributed by atoms with Crippen LogP contribution < -0.4 is 10.6 Å². The van der Waals surface area contributed by atoms with Crippen LogP contribution in [0.3, 0.4) is 0 Å². The summed E-state index contributed by atoms with van der Waals surface area (Å²) in [6.07, 6.45) is 3.23. The van der Waals surface area contributed by atoms with Gasteiger partial charge in [-0.25, -0.2) is 0 Å². The molecule has 3 aromatic rings. The topological polar surface area (TPSA) is 54.0 Å². The van der Waals surface area contributed by atoms with Gasteiger partial charge in [0.05, 0.1) is 17.4 Å². The predicted molar refractivity (Wildman–Crippen MR) is 101 cm³/mol. The number of aromatic nitrogens is 1. The number of pyridine rings is 1. The standard InChI is InChI=1S/C20H18ClN3O/c1-14-5-4-7-17(9-14)24-18-10-16(11-22-13-18)20(25)23-12-15-6-2-3-8-19(15)21/h2-11,13,24H,12H2,1H3,(H,23,25). The van der Waals surface area contributed by atoms with Crippen molar-refractivity contribution in [2.24, 2.45) is 0 Å². The molecular formula is C20H18ClN3O. The number of carbonyl (C=O) groups excluding carboxylic acids is 1. The number of nitrogens with one attached hydrogen (secondary N) is 2. The van der Waals surface area contributed by atoms with E-state index in [1.807, 2.05) is 49.4 Å². The van der Waals surface area contributed by atoms with Crippen molar-refractivity contribution < 1.29 is 4.79 Å². The number of amides is 1. The van der Waals surface area contributed by atoms with Crippen LogP contribution in [0.2, 0.25) is 5.02 Å². The van der Waals surface area contributed by atoms with Crippen LogP contribution in [0.25, 0.3) is 0 Å². The van der Waals surface area contributed by atoms with E-state index in [1.54, 1.807) is 24.5 Å². The lowest BCUT2D eigenvalue weighted by Crippen LogP contribution is -2.23. The third kappa shape index (κ3) is 4.58. The number of nitrogens with zero attached hydrogens (tertiary/aromatic N) is 1. The van der Waals surface area contributed by atoms with E-state index in [9.17, 15) is 4.79 Å². The summed E-state index contributed by atoms with van der Waals surface area (Å²) in [6.45, 7) is 2.40. The first kappa shape index (κ1) is 17.0. The van der Waals surface area contributed by atoms with Crippen molar-refractivity contribution in [2.75, 3.05) is 5.32 Å². The number of benzene rings is 2. The van der Waals surface area contributed by atoms with Crippen molar-refractivity contribution in [2.45, 2.75) is 13.5 Å². The normalized spacial score (nSPS) is 10.3. The number of halogens is 1. The first-order valence-corrected chi connectivity index (χ1v) is 8.30. The van der Waals surface area contributed by atoms with Crippen LogP contribution in [0.5, 0.6) is 0 Å². The van der Waals surface area contributed by atoms with Gasteiger partial charge in [0.2, 0.25) is 0 Å². The Morgan fingerprint density at radius 2 is 1.88 bits per heavy atom. The number of rotatable bonds is 5. The molecule has 0 radical (unpaired) electrons. The third-order valence-electron chi connectivity index (χ3n) is 3.70. The molecule has 0 aliphatic rings. The number of hydrogen-bond donors (Lipinski definition) is 2. The fourth-order valence-electron chi connectivity index (χ4n) is 2.44. The molecule has 0 atom stereocenters. The largest absolute Gasteiger partial charge is 0.354 e. The van der Waals surface area contributed by atoms with Crippen molar-refractivity contribution >= 4 is 28.9 Å². The average molecular weight is 352 g/mol. The van der Waals surface area contributed by atoms with Crippen LogP contribution in [0.4, 0.5) is 11.4 Å². The molecule has 2 aromatic carbocycles. The molecule has 1 aromatic heterocycles. The molecular weight excluding hydrogens is 334 g/mol. The van der Waals surface area contributed by atoms with Crippen LogP contribution in [0.15, 0.2) is 67.0 Å². The molecule has 126 valence electrons. The van der Waals surface area contributed by atoms with Crippen LogP contribution in [0.1, 0.15) is 21.5 Å². The Morgan fingerprint density at radius 1 is 1.04 bits per heavy atom. The lowest BCUT2D eigenvalue weighted by Gasteiger charge is -2.10. The summed E-state index contributed by atoms with van der Waals surface area (Å²) in [6, 6.07) is 17.2. The Morgan fingerprint density at radius 3 is 2.68 bits per heavy atom. The Bertz CT molecular complexity index is 895. The molecule has 0 aliphatic heterocycles. The van der Waals surface area contributed by atoms with E-state index in [-0.39, 0.29) is 5.91 Å². The van der Waals surface area contributed by atoms with Gasteiger partial charge in [-0.1, -0.05) is 41.9 Å². The second-order valence-corrected chi connectivity index (χ2v) is 6.14. The molecule has 2 N–H and O–H groups in total. The quantitative estimate of drug-likeness (QED) is 0.699. The summed E-state index contributed by atoms with van der Waals surface area (Å²) in [7, 11) is 0. The van der Waals surface area contributed by atoms with Crippen LogP contribution in [-0.4, -0.2) is 10.9 Å². The van der Waals surface area contributed by atoms with Gasteiger partial charge in [-0.15, -0.1) is 0 Å². The Hall–Kier alpha value is -2.85. The summed E-state index contributed by atoms with van der Waals surface area (Å²) < 4.78 is 0. The SMILES string of the molecule is Cc1cccc(Nc2cncc(C(=O)NCc3ccccc3Cl)c2)c1. The lowest BCUT2D eigenvalue weighted by molar-refractivity contribution is 0.0950. The van der Waals surface area contributed by atoms with Crippen molar-refractivity contribution in [3.05, 3.63) is 88.7 Å². The zero-order chi connectivity index (χ0) is 17.6. The Labute approximate surface area is 151 Å². The van der Waals surface area contributed by atoms with Crippen LogP contribution in [-0.2, 0) is 6.54 Å². The van der Waals surface area contributed by atoms with E-state index in [0.29, 0.717) is 17.1 Å². The van der Waals surface area contributed by atoms with Gasteiger partial charge in [0.25, 0.3) is 5.91 Å². The maximum atomic E-state index is 12.4. The number of anilines is 2. The fraction of sp³-hybridized carbons (Fsp3) is 0.100. The molecule has 0 aliphatic carbocycles. The predicted octanol–water partition coefficient (Wildman–Crippen LogP) is 4.72. The van der Waals surface area contributed by atoms with E-state index >= 15 is 0 Å². The molecule has 0 unspecified atom stereocenters. The minimum Gasteiger partial charge on any atom is -0.354 e. The molecule has 25 heavy (non-hydrogen) atoms. The van der Waals surface area contributed by atoms with Gasteiger partial charge >= 0.3 is 0 Å². The Balaban J connectivity index is 1.68. The number of hydrogen-bond acceptors (Lipinski definition) is 3. The zero-order valence-corrected chi connectivity index (χ0v) is 14.5. The monoisotopic (exact) mass is 351 g/mol. The summed E-state index contributed by atoms with van der Waals surface area (Å²) >= 11 is 6.11. The average Bonchev–Trinajstić information content (AvgIpc) is 2.61. The molecule has 1 heterocycles. The van der Waals surface area contributed by atoms with Gasteiger partial charge in [0, 0.05) is 23.5 Å². The van der Waals surface area contributed by atoms with E-state index in [1.165, 1.54) is 0 Å². The summed E-state index contributed by atoms with van der Waals surface area (Å²) in [4.78, 5) is 16.5. The number of aryl methyl sites for hydroxylation is 1. The van der Waals surface area contributed by atoms with Crippen molar-refractivity contribution in [1.82, 2.24) is 10.3 Å². The van der Waals surface area contributed by atoms with Gasteiger partial charge in [-0.05, 0) is 42.3 Å². The lowest BCUT2D eigenvalue weighted by atomic mass is 10.2. The van der Waals surface area contributed by atoms with Crippen LogP contribution >= 0.6 is 11.6 Å². The highest BCUT2D eigenvalue weighted by molar-refractivity contribution is 6.31. The molecule has 0 spiro atoms. The molecule has 0 saturated carbocycles. The minimum absolute atomic E-state index is 0.194. The van der Waals surface area contributed by atoms with Crippen molar-refractivity contribution in [1.29, 1.82) is 0 Å². The highest BCUT2D eigenvalue weighted by Gasteiger charge is 2.08. The van der Waals surface area contributed by atoms with E-state index < -0.39 is 0 Å². The molecule has 0 saturated heterocycles. The van der Waals surface area contributed by atoms with E-state index in [4.69, 9.17) is 11.6 Å². The summed E-state index contributed by atoms with van der Waals surface area (Å²) in [5.41, 5.74) is 4.24.